The average Bonchev–Trinajstić information content (AvgIpc) is 2.79. The zero-order chi connectivity index (χ0) is 15.2. The number of aliphatic hydroxyl groups excluding tert-OH is 1. The second-order valence-electron chi connectivity index (χ2n) is 6.11. The van der Waals surface area contributed by atoms with E-state index in [1.807, 2.05) is 24.0 Å². The van der Waals surface area contributed by atoms with Crippen LogP contribution >= 0.6 is 0 Å². The Morgan fingerprint density at radius 2 is 2.14 bits per heavy atom. The molecule has 1 saturated heterocycles. The number of morpholine rings is 1. The van der Waals surface area contributed by atoms with E-state index in [4.69, 9.17) is 4.74 Å². The molecule has 0 saturated carbocycles. The monoisotopic (exact) mass is 296 g/mol. The van der Waals surface area contributed by atoms with E-state index in [1.54, 1.807) is 0 Å². The topological polar surface area (TPSA) is 62.5 Å². The average molecular weight is 296 g/mol. The van der Waals surface area contributed by atoms with Crippen LogP contribution in [0, 0.1) is 6.92 Å². The number of ether oxygens (including phenoxy) is 1. The summed E-state index contributed by atoms with van der Waals surface area (Å²) in [5.74, 6) is 0. The number of aromatic nitrogens is 2. The first-order valence-corrected chi connectivity index (χ1v) is 7.78. The molecular formula is C15H28N4O2. The Morgan fingerprint density at radius 3 is 2.76 bits per heavy atom. The Balaban J connectivity index is 1.60. The van der Waals surface area contributed by atoms with Crippen molar-refractivity contribution >= 4 is 0 Å². The van der Waals surface area contributed by atoms with Gasteiger partial charge in [0.25, 0.3) is 0 Å². The van der Waals surface area contributed by atoms with E-state index in [2.05, 4.69) is 29.2 Å². The summed E-state index contributed by atoms with van der Waals surface area (Å²) in [6, 6.07) is 0. The van der Waals surface area contributed by atoms with Crippen LogP contribution in [0.15, 0.2) is 12.4 Å². The summed E-state index contributed by atoms with van der Waals surface area (Å²) in [6.45, 7) is 10.9. The normalized spacial score (nSPS) is 25.1. The SMILES string of the molecule is Cc1cnn(CCNC[C@H](O)CN2C[C@H](C)O[C@@H](C)C2)c1. The van der Waals surface area contributed by atoms with E-state index in [-0.39, 0.29) is 18.3 Å². The van der Waals surface area contributed by atoms with Gasteiger partial charge in [0.1, 0.15) is 0 Å². The third-order valence-electron chi connectivity index (χ3n) is 3.62. The van der Waals surface area contributed by atoms with Crippen molar-refractivity contribution in [1.82, 2.24) is 20.0 Å². The lowest BCUT2D eigenvalue weighted by atomic mass is 10.2. The van der Waals surface area contributed by atoms with Crippen molar-refractivity contribution in [3.63, 3.8) is 0 Å². The Bertz CT molecular complexity index is 414. The second kappa shape index (κ2) is 7.89. The Morgan fingerprint density at radius 1 is 1.43 bits per heavy atom. The number of nitrogens with one attached hydrogen (secondary N) is 1. The molecule has 1 aromatic rings. The lowest BCUT2D eigenvalue weighted by Gasteiger charge is -2.36. The van der Waals surface area contributed by atoms with Gasteiger partial charge in [0.2, 0.25) is 0 Å². The summed E-state index contributed by atoms with van der Waals surface area (Å²) in [5, 5.41) is 17.6. The van der Waals surface area contributed by atoms with Crippen molar-refractivity contribution in [2.75, 3.05) is 32.7 Å². The van der Waals surface area contributed by atoms with Crippen LogP contribution in [0.5, 0.6) is 0 Å². The third kappa shape index (κ3) is 5.74. The standard InChI is InChI=1S/C15H28N4O2/c1-12-6-17-19(8-12)5-4-16-7-15(20)11-18-9-13(2)21-14(3)10-18/h6,8,13-16,20H,4-5,7,9-11H2,1-3H3/t13-,14-,15-/m0/s1. The minimum Gasteiger partial charge on any atom is -0.390 e. The van der Waals surface area contributed by atoms with Crippen LogP contribution in [0.4, 0.5) is 0 Å². The molecule has 6 heteroatoms. The van der Waals surface area contributed by atoms with Gasteiger partial charge in [-0.3, -0.25) is 9.58 Å². The minimum atomic E-state index is -0.346. The van der Waals surface area contributed by atoms with Gasteiger partial charge in [-0.15, -0.1) is 0 Å². The van der Waals surface area contributed by atoms with Crippen molar-refractivity contribution in [3.05, 3.63) is 18.0 Å². The molecule has 3 atom stereocenters. The maximum atomic E-state index is 10.1. The smallest absolute Gasteiger partial charge is 0.0791 e. The van der Waals surface area contributed by atoms with E-state index in [0.717, 1.165) is 26.2 Å². The lowest BCUT2D eigenvalue weighted by molar-refractivity contribution is -0.0762. The van der Waals surface area contributed by atoms with Gasteiger partial charge in [0.05, 0.1) is 31.1 Å². The molecule has 0 radical (unpaired) electrons. The van der Waals surface area contributed by atoms with Gasteiger partial charge >= 0.3 is 0 Å². The Kier molecular flexibility index (Phi) is 6.17. The van der Waals surface area contributed by atoms with E-state index >= 15 is 0 Å². The largest absolute Gasteiger partial charge is 0.390 e. The molecule has 0 unspecified atom stereocenters. The number of hydrogen-bond acceptors (Lipinski definition) is 5. The van der Waals surface area contributed by atoms with Crippen molar-refractivity contribution in [1.29, 1.82) is 0 Å². The molecule has 21 heavy (non-hydrogen) atoms. The summed E-state index contributed by atoms with van der Waals surface area (Å²) in [6.07, 6.45) is 4.03. The Labute approximate surface area is 127 Å². The predicted molar refractivity (Wildman–Crippen MR) is 82.3 cm³/mol. The zero-order valence-electron chi connectivity index (χ0n) is 13.3. The van der Waals surface area contributed by atoms with E-state index < -0.39 is 0 Å². The van der Waals surface area contributed by atoms with Crippen molar-refractivity contribution in [3.8, 4) is 0 Å². The van der Waals surface area contributed by atoms with Crippen LogP contribution in [0.25, 0.3) is 0 Å². The highest BCUT2D eigenvalue weighted by atomic mass is 16.5. The van der Waals surface area contributed by atoms with E-state index in [1.165, 1.54) is 5.56 Å². The summed E-state index contributed by atoms with van der Waals surface area (Å²) < 4.78 is 7.62. The van der Waals surface area contributed by atoms with Gasteiger partial charge in [-0.1, -0.05) is 0 Å². The highest BCUT2D eigenvalue weighted by molar-refractivity contribution is 4.99. The highest BCUT2D eigenvalue weighted by Crippen LogP contribution is 2.10. The molecule has 0 spiro atoms. The van der Waals surface area contributed by atoms with Crippen molar-refractivity contribution in [2.45, 2.75) is 45.6 Å². The van der Waals surface area contributed by atoms with Gasteiger partial charge in [-0.05, 0) is 26.3 Å². The van der Waals surface area contributed by atoms with Crippen LogP contribution in [-0.2, 0) is 11.3 Å². The molecule has 0 amide bonds. The molecular weight excluding hydrogens is 268 g/mol. The summed E-state index contributed by atoms with van der Waals surface area (Å²) in [4.78, 5) is 2.28. The first-order chi connectivity index (χ1) is 10.0. The van der Waals surface area contributed by atoms with Gasteiger partial charge in [0, 0.05) is 38.9 Å². The van der Waals surface area contributed by atoms with E-state index in [9.17, 15) is 5.11 Å². The lowest BCUT2D eigenvalue weighted by Crippen LogP contribution is -2.49. The number of β-amino-alcohol motifs (C(OH)–C–C–N with tert-alkyl or cyclic N) is 1. The minimum absolute atomic E-state index is 0.247. The maximum absolute atomic E-state index is 10.1. The second-order valence-corrected chi connectivity index (χ2v) is 6.11. The molecule has 2 heterocycles. The molecule has 1 aliphatic heterocycles. The first kappa shape index (κ1) is 16.4. The van der Waals surface area contributed by atoms with Gasteiger partial charge in [-0.2, -0.15) is 5.10 Å². The molecule has 0 aliphatic carbocycles. The van der Waals surface area contributed by atoms with Crippen molar-refractivity contribution in [2.24, 2.45) is 0 Å². The molecule has 6 nitrogen and oxygen atoms in total. The fourth-order valence-corrected chi connectivity index (χ4v) is 2.85. The molecule has 1 aliphatic rings. The van der Waals surface area contributed by atoms with Crippen LogP contribution < -0.4 is 5.32 Å². The third-order valence-corrected chi connectivity index (χ3v) is 3.62. The van der Waals surface area contributed by atoms with Gasteiger partial charge in [0.15, 0.2) is 0 Å². The van der Waals surface area contributed by atoms with Crippen LogP contribution in [-0.4, -0.2) is 70.8 Å². The quantitative estimate of drug-likeness (QED) is 0.706. The molecule has 0 aromatic carbocycles. The van der Waals surface area contributed by atoms with Crippen LogP contribution in [0.3, 0.4) is 0 Å². The number of nitrogens with zero attached hydrogens (tertiary/aromatic N) is 3. The summed E-state index contributed by atoms with van der Waals surface area (Å²) >= 11 is 0. The van der Waals surface area contributed by atoms with Gasteiger partial charge in [-0.25, -0.2) is 0 Å². The molecule has 2 rings (SSSR count). The molecule has 0 bridgehead atoms. The number of aliphatic hydroxyl groups is 1. The number of rotatable bonds is 7. The highest BCUT2D eigenvalue weighted by Gasteiger charge is 2.23. The summed E-state index contributed by atoms with van der Waals surface area (Å²) in [5.41, 5.74) is 1.17. The van der Waals surface area contributed by atoms with Gasteiger partial charge < -0.3 is 15.2 Å². The predicted octanol–water partition coefficient (Wildman–Crippen LogP) is 0.251. The number of aryl methyl sites for hydroxylation is 1. The zero-order valence-corrected chi connectivity index (χ0v) is 13.3. The molecule has 1 fully saturated rings. The fourth-order valence-electron chi connectivity index (χ4n) is 2.85. The molecule has 2 N–H and O–H groups in total. The first-order valence-electron chi connectivity index (χ1n) is 7.78. The summed E-state index contributed by atoms with van der Waals surface area (Å²) in [7, 11) is 0. The molecule has 120 valence electrons. The fraction of sp³-hybridized carbons (Fsp3) is 0.800. The number of hydrogen-bond donors (Lipinski definition) is 2. The maximum Gasteiger partial charge on any atom is 0.0791 e. The van der Waals surface area contributed by atoms with Crippen LogP contribution in [0.1, 0.15) is 19.4 Å². The van der Waals surface area contributed by atoms with Crippen molar-refractivity contribution < 1.29 is 9.84 Å². The van der Waals surface area contributed by atoms with Crippen LogP contribution in [0.2, 0.25) is 0 Å². The Hall–Kier alpha value is -0.950. The van der Waals surface area contributed by atoms with E-state index in [0.29, 0.717) is 13.1 Å². The molecule has 1 aromatic heterocycles.